The molecule has 1 atom stereocenters. The molecule has 9 heteroatoms. The minimum atomic E-state index is -0.488. The molecular weight excluding hydrogens is 401 g/mol. The van der Waals surface area contributed by atoms with E-state index in [-0.39, 0.29) is 24.3 Å². The molecule has 2 aliphatic rings. The minimum absolute atomic E-state index is 0.00742. The fourth-order valence-electron chi connectivity index (χ4n) is 4.27. The average Bonchev–Trinajstić information content (AvgIpc) is 3.48. The van der Waals surface area contributed by atoms with E-state index < -0.39 is 6.10 Å². The van der Waals surface area contributed by atoms with Gasteiger partial charge in [0.1, 0.15) is 18.0 Å². The van der Waals surface area contributed by atoms with Crippen molar-refractivity contribution in [2.45, 2.75) is 12.5 Å². The third kappa shape index (κ3) is 3.40. The molecule has 0 spiro atoms. The summed E-state index contributed by atoms with van der Waals surface area (Å²) in [6.07, 6.45) is 1.71. The number of para-hydroxylation sites is 1. The molecule has 3 amide bonds. The number of anilines is 1. The van der Waals surface area contributed by atoms with E-state index in [9.17, 15) is 19.1 Å². The van der Waals surface area contributed by atoms with Gasteiger partial charge in [0.05, 0.1) is 23.5 Å². The summed E-state index contributed by atoms with van der Waals surface area (Å²) in [5, 5.41) is 14.7. The van der Waals surface area contributed by atoms with Gasteiger partial charge in [-0.15, -0.1) is 0 Å². The van der Waals surface area contributed by atoms with Gasteiger partial charge in [0, 0.05) is 31.6 Å². The van der Waals surface area contributed by atoms with Gasteiger partial charge in [-0.3, -0.25) is 9.69 Å². The number of benzene rings is 2. The molecule has 0 radical (unpaired) electrons. The molecule has 160 valence electrons. The first-order valence-electron chi connectivity index (χ1n) is 10.3. The Hall–Kier alpha value is -3.46. The number of nitrogens with zero attached hydrogens (tertiary/aromatic N) is 5. The lowest BCUT2D eigenvalue weighted by molar-refractivity contribution is -0.130. The van der Waals surface area contributed by atoms with E-state index in [0.717, 1.165) is 5.39 Å². The van der Waals surface area contributed by atoms with Crippen molar-refractivity contribution in [1.29, 1.82) is 0 Å². The molecule has 0 aliphatic carbocycles. The number of aliphatic hydroxyl groups is 1. The van der Waals surface area contributed by atoms with Crippen LogP contribution < -0.4 is 4.90 Å². The van der Waals surface area contributed by atoms with E-state index >= 15 is 0 Å². The molecule has 0 unspecified atom stereocenters. The Morgan fingerprint density at radius 1 is 1.10 bits per heavy atom. The standard InChI is InChI=1S/C22H22FN5O3/c23-17-4-1-2-5-20(17)28-19-7-3-6-18(16(19)12-24-28)27-11-10-26(22(27)31)14-21(30)25-9-8-15(29)13-25/h1-7,12,15,29H,8-11,13-14H2/t15-/m0/s1. The van der Waals surface area contributed by atoms with E-state index in [0.29, 0.717) is 49.5 Å². The zero-order valence-corrected chi connectivity index (χ0v) is 16.8. The number of carbonyl (C=O) groups excluding carboxylic acids is 2. The Balaban J connectivity index is 1.40. The lowest BCUT2D eigenvalue weighted by Crippen LogP contribution is -2.41. The van der Waals surface area contributed by atoms with E-state index in [2.05, 4.69) is 5.10 Å². The van der Waals surface area contributed by atoms with Crippen LogP contribution in [-0.4, -0.2) is 75.5 Å². The van der Waals surface area contributed by atoms with Gasteiger partial charge in [-0.05, 0) is 30.7 Å². The third-order valence-electron chi connectivity index (χ3n) is 5.90. The molecular formula is C22H22FN5O3. The second-order valence-electron chi connectivity index (χ2n) is 7.86. The molecule has 2 fully saturated rings. The molecule has 2 aliphatic heterocycles. The molecule has 1 aromatic heterocycles. The van der Waals surface area contributed by atoms with Crippen LogP contribution in [0.3, 0.4) is 0 Å². The van der Waals surface area contributed by atoms with E-state index in [4.69, 9.17) is 0 Å². The summed E-state index contributed by atoms with van der Waals surface area (Å²) in [6, 6.07) is 11.6. The molecule has 5 rings (SSSR count). The van der Waals surface area contributed by atoms with Crippen LogP contribution in [0, 0.1) is 5.82 Å². The Labute approximate surface area is 178 Å². The fraction of sp³-hybridized carbons (Fsp3) is 0.318. The van der Waals surface area contributed by atoms with Crippen LogP contribution in [0.1, 0.15) is 6.42 Å². The van der Waals surface area contributed by atoms with Crippen molar-refractivity contribution in [3.8, 4) is 5.69 Å². The maximum atomic E-state index is 14.3. The summed E-state index contributed by atoms with van der Waals surface area (Å²) in [7, 11) is 0. The SMILES string of the molecule is O=C(CN1CCN(c2cccc3c2cnn3-c2ccccc2F)C1=O)N1CC[C@H](O)C1. The normalized spacial score (nSPS) is 19.1. The molecule has 0 bridgehead atoms. The van der Waals surface area contributed by atoms with Crippen LogP contribution in [0.5, 0.6) is 0 Å². The lowest BCUT2D eigenvalue weighted by Gasteiger charge is -2.22. The van der Waals surface area contributed by atoms with Crippen molar-refractivity contribution >= 4 is 28.5 Å². The first-order valence-corrected chi connectivity index (χ1v) is 10.3. The minimum Gasteiger partial charge on any atom is -0.391 e. The van der Waals surface area contributed by atoms with Gasteiger partial charge < -0.3 is 14.9 Å². The van der Waals surface area contributed by atoms with Crippen molar-refractivity contribution in [2.75, 3.05) is 37.6 Å². The zero-order chi connectivity index (χ0) is 21.5. The zero-order valence-electron chi connectivity index (χ0n) is 16.8. The van der Waals surface area contributed by atoms with Crippen molar-refractivity contribution in [3.63, 3.8) is 0 Å². The van der Waals surface area contributed by atoms with Crippen LogP contribution in [0.4, 0.5) is 14.9 Å². The monoisotopic (exact) mass is 423 g/mol. The van der Waals surface area contributed by atoms with Gasteiger partial charge in [0.25, 0.3) is 0 Å². The number of urea groups is 1. The van der Waals surface area contributed by atoms with Gasteiger partial charge in [-0.1, -0.05) is 18.2 Å². The largest absolute Gasteiger partial charge is 0.391 e. The summed E-state index contributed by atoms with van der Waals surface area (Å²) in [6.45, 7) is 1.70. The number of hydrogen-bond acceptors (Lipinski definition) is 4. The number of hydrogen-bond donors (Lipinski definition) is 1. The van der Waals surface area contributed by atoms with Crippen LogP contribution >= 0.6 is 0 Å². The molecule has 0 saturated carbocycles. The van der Waals surface area contributed by atoms with Gasteiger partial charge in [0.15, 0.2) is 0 Å². The number of β-amino-alcohol motifs (C(OH)–C–C–N with tert-alkyl or cyclic N) is 1. The van der Waals surface area contributed by atoms with E-state index in [1.165, 1.54) is 15.6 Å². The van der Waals surface area contributed by atoms with E-state index in [1.807, 2.05) is 18.2 Å². The number of likely N-dealkylation sites (tertiary alicyclic amines) is 1. The van der Waals surface area contributed by atoms with Crippen molar-refractivity contribution < 1.29 is 19.1 Å². The highest BCUT2D eigenvalue weighted by atomic mass is 19.1. The summed E-state index contributed by atoms with van der Waals surface area (Å²) < 4.78 is 15.8. The molecule has 2 saturated heterocycles. The Morgan fingerprint density at radius 2 is 1.90 bits per heavy atom. The second-order valence-corrected chi connectivity index (χ2v) is 7.86. The maximum Gasteiger partial charge on any atom is 0.325 e. The quantitative estimate of drug-likeness (QED) is 0.696. The smallest absolute Gasteiger partial charge is 0.325 e. The molecule has 31 heavy (non-hydrogen) atoms. The lowest BCUT2D eigenvalue weighted by atomic mass is 10.2. The number of aromatic nitrogens is 2. The van der Waals surface area contributed by atoms with Crippen molar-refractivity contribution in [3.05, 3.63) is 54.5 Å². The van der Waals surface area contributed by atoms with Crippen LogP contribution in [0.25, 0.3) is 16.6 Å². The summed E-state index contributed by atoms with van der Waals surface area (Å²) in [5.41, 5.74) is 1.70. The van der Waals surface area contributed by atoms with Crippen LogP contribution in [0.2, 0.25) is 0 Å². The molecule has 3 aromatic rings. The highest BCUT2D eigenvalue weighted by molar-refractivity contribution is 6.04. The third-order valence-corrected chi connectivity index (χ3v) is 5.90. The number of carbonyl (C=O) groups is 2. The summed E-state index contributed by atoms with van der Waals surface area (Å²) in [4.78, 5) is 30.3. The summed E-state index contributed by atoms with van der Waals surface area (Å²) in [5.74, 6) is -0.538. The predicted octanol–water partition coefficient (Wildman–Crippen LogP) is 2.00. The van der Waals surface area contributed by atoms with Crippen molar-refractivity contribution in [1.82, 2.24) is 19.6 Å². The molecule has 8 nitrogen and oxygen atoms in total. The number of rotatable bonds is 4. The Kier molecular flexibility index (Phi) is 4.82. The van der Waals surface area contributed by atoms with Gasteiger partial charge in [0.2, 0.25) is 5.91 Å². The number of amides is 3. The fourth-order valence-corrected chi connectivity index (χ4v) is 4.27. The van der Waals surface area contributed by atoms with Crippen molar-refractivity contribution in [2.24, 2.45) is 0 Å². The topological polar surface area (TPSA) is 81.9 Å². The number of halogens is 1. The first-order chi connectivity index (χ1) is 15.0. The number of fused-ring (bicyclic) bond motifs is 1. The molecule has 2 aromatic carbocycles. The first kappa shape index (κ1) is 19.5. The second kappa shape index (κ2) is 7.66. The molecule has 1 N–H and O–H groups in total. The average molecular weight is 423 g/mol. The highest BCUT2D eigenvalue weighted by Crippen LogP contribution is 2.31. The van der Waals surface area contributed by atoms with Crippen LogP contribution in [0.15, 0.2) is 48.7 Å². The number of aliphatic hydroxyl groups excluding tert-OH is 1. The van der Waals surface area contributed by atoms with Crippen LogP contribution in [-0.2, 0) is 4.79 Å². The Morgan fingerprint density at radius 3 is 2.68 bits per heavy atom. The predicted molar refractivity (Wildman–Crippen MR) is 113 cm³/mol. The van der Waals surface area contributed by atoms with Gasteiger partial charge >= 0.3 is 6.03 Å². The van der Waals surface area contributed by atoms with Gasteiger partial charge in [-0.2, -0.15) is 5.10 Å². The molecule has 3 heterocycles. The van der Waals surface area contributed by atoms with E-state index in [1.54, 1.807) is 34.2 Å². The maximum absolute atomic E-state index is 14.3. The highest BCUT2D eigenvalue weighted by Gasteiger charge is 2.34. The Bertz CT molecular complexity index is 1160. The van der Waals surface area contributed by atoms with Gasteiger partial charge in [-0.25, -0.2) is 13.9 Å². The summed E-state index contributed by atoms with van der Waals surface area (Å²) >= 11 is 0.